The lowest BCUT2D eigenvalue weighted by molar-refractivity contribution is -0.139. The number of halogens is 1. The second-order valence-corrected chi connectivity index (χ2v) is 11.3. The highest BCUT2D eigenvalue weighted by atomic mass is 79.9. The van der Waals surface area contributed by atoms with Crippen molar-refractivity contribution in [1.82, 2.24) is 4.57 Å². The van der Waals surface area contributed by atoms with Crippen LogP contribution in [0.25, 0.3) is 16.8 Å². The summed E-state index contributed by atoms with van der Waals surface area (Å²) in [6.45, 7) is 8.46. The molecule has 0 fully saturated rings. The maximum absolute atomic E-state index is 14.3. The summed E-state index contributed by atoms with van der Waals surface area (Å²) in [5.74, 6) is 1.27. The van der Waals surface area contributed by atoms with E-state index >= 15 is 0 Å². The number of hydrogen-bond donors (Lipinski definition) is 0. The number of allylic oxidation sites excluding steroid dienone is 1. The van der Waals surface area contributed by atoms with Crippen molar-refractivity contribution in [3.8, 4) is 17.2 Å². The number of methoxy groups -OCH3 is 1. The molecule has 0 saturated heterocycles. The molecule has 0 radical (unpaired) electrons. The van der Waals surface area contributed by atoms with Gasteiger partial charge in [0.1, 0.15) is 23.3 Å². The third-order valence-electron chi connectivity index (χ3n) is 6.89. The average molecular weight is 652 g/mol. The fraction of sp³-hybridized carbons (Fsp3) is 0.281. The molecule has 0 bridgehead atoms. The maximum atomic E-state index is 14.3. The lowest BCUT2D eigenvalue weighted by atomic mass is 9.90. The maximum Gasteiger partial charge on any atom is 0.338 e. The number of fused-ring (bicyclic) bond motifs is 2. The molecule has 0 N–H and O–H groups in total. The highest BCUT2D eigenvalue weighted by molar-refractivity contribution is 9.10. The predicted molar refractivity (Wildman–Crippen MR) is 167 cm³/mol. The number of aromatic nitrogens is 1. The van der Waals surface area contributed by atoms with Gasteiger partial charge in [0.15, 0.2) is 4.80 Å². The van der Waals surface area contributed by atoms with E-state index in [1.54, 1.807) is 31.6 Å². The van der Waals surface area contributed by atoms with Crippen molar-refractivity contribution in [2.24, 2.45) is 4.99 Å². The Morgan fingerprint density at radius 2 is 1.76 bits per heavy atom. The van der Waals surface area contributed by atoms with Crippen LogP contribution in [0.2, 0.25) is 0 Å². The second kappa shape index (κ2) is 12.5. The fourth-order valence-corrected chi connectivity index (χ4v) is 6.66. The van der Waals surface area contributed by atoms with Gasteiger partial charge in [0, 0.05) is 17.2 Å². The summed E-state index contributed by atoms with van der Waals surface area (Å²) in [5, 5.41) is 1.82. The van der Waals surface area contributed by atoms with Gasteiger partial charge in [0.05, 0.1) is 47.2 Å². The van der Waals surface area contributed by atoms with Crippen LogP contribution in [0.1, 0.15) is 44.9 Å². The normalized spacial score (nSPS) is 14.9. The number of carbonyl (C=O) groups excluding carboxylic acids is 1. The molecule has 0 amide bonds. The third-order valence-corrected chi connectivity index (χ3v) is 8.49. The van der Waals surface area contributed by atoms with Crippen molar-refractivity contribution in [3.63, 3.8) is 0 Å². The Hall–Kier alpha value is -3.89. The molecule has 1 aromatic heterocycles. The van der Waals surface area contributed by atoms with Gasteiger partial charge in [0.2, 0.25) is 0 Å². The molecule has 218 valence electrons. The molecule has 2 heterocycles. The molecule has 1 aliphatic heterocycles. The molecular weight excluding hydrogens is 620 g/mol. The number of hydrogen-bond acceptors (Lipinski definition) is 8. The van der Waals surface area contributed by atoms with Gasteiger partial charge < -0.3 is 18.9 Å². The number of carbonyl (C=O) groups is 1. The molecular formula is C32H31BrN2O6S. The topological polar surface area (TPSA) is 88.4 Å². The number of esters is 1. The Bertz CT molecular complexity index is 1890. The van der Waals surface area contributed by atoms with E-state index in [2.05, 4.69) is 15.9 Å². The average Bonchev–Trinajstić information content (AvgIpc) is 3.28. The summed E-state index contributed by atoms with van der Waals surface area (Å²) in [6, 6.07) is 14.5. The summed E-state index contributed by atoms with van der Waals surface area (Å²) >= 11 is 4.83. The van der Waals surface area contributed by atoms with Gasteiger partial charge in [0.25, 0.3) is 5.56 Å². The highest BCUT2D eigenvalue weighted by Gasteiger charge is 2.36. The molecule has 0 unspecified atom stereocenters. The minimum atomic E-state index is -0.818. The third kappa shape index (κ3) is 5.36. The quantitative estimate of drug-likeness (QED) is 0.222. The van der Waals surface area contributed by atoms with Gasteiger partial charge in [-0.25, -0.2) is 9.79 Å². The summed E-state index contributed by atoms with van der Waals surface area (Å²) in [5.41, 5.74) is 1.89. The Labute approximate surface area is 255 Å². The molecule has 4 aromatic rings. The molecule has 0 spiro atoms. The summed E-state index contributed by atoms with van der Waals surface area (Å²) in [7, 11) is 1.58. The summed E-state index contributed by atoms with van der Waals surface area (Å²) < 4.78 is 25.7. The van der Waals surface area contributed by atoms with E-state index in [1.165, 1.54) is 11.3 Å². The van der Waals surface area contributed by atoms with Crippen LogP contribution >= 0.6 is 27.3 Å². The van der Waals surface area contributed by atoms with Crippen molar-refractivity contribution in [3.05, 3.63) is 95.1 Å². The molecule has 5 rings (SSSR count). The zero-order chi connectivity index (χ0) is 30.0. The largest absolute Gasteiger partial charge is 0.496 e. The first kappa shape index (κ1) is 29.6. The minimum absolute atomic E-state index is 0.187. The first-order valence-electron chi connectivity index (χ1n) is 13.7. The highest BCUT2D eigenvalue weighted by Crippen LogP contribution is 2.40. The lowest BCUT2D eigenvalue weighted by Crippen LogP contribution is -2.40. The van der Waals surface area contributed by atoms with Crippen LogP contribution in [0.3, 0.4) is 0 Å². The SMILES string of the molecule is CCOC(=O)C1=C(C)N=c2s/c(=C\c3cc(Br)c(OCC)cc3OCC)c(=O)n2[C@H]1c1c(OC)ccc2ccccc12. The molecule has 0 saturated carbocycles. The van der Waals surface area contributed by atoms with Crippen LogP contribution in [-0.4, -0.2) is 37.5 Å². The van der Waals surface area contributed by atoms with E-state index in [1.807, 2.05) is 62.4 Å². The number of ether oxygens (including phenoxy) is 4. The second-order valence-electron chi connectivity index (χ2n) is 9.39. The number of benzene rings is 3. The van der Waals surface area contributed by atoms with Crippen LogP contribution in [0.4, 0.5) is 0 Å². The van der Waals surface area contributed by atoms with Crippen LogP contribution in [0.5, 0.6) is 17.2 Å². The van der Waals surface area contributed by atoms with Crippen molar-refractivity contribution < 1.29 is 23.7 Å². The van der Waals surface area contributed by atoms with Crippen LogP contribution in [0, 0.1) is 0 Å². The molecule has 1 aliphatic rings. The number of nitrogens with zero attached hydrogens (tertiary/aromatic N) is 2. The van der Waals surface area contributed by atoms with Gasteiger partial charge >= 0.3 is 5.97 Å². The summed E-state index contributed by atoms with van der Waals surface area (Å²) in [6.07, 6.45) is 1.79. The fourth-order valence-electron chi connectivity index (χ4n) is 5.15. The van der Waals surface area contributed by atoms with Gasteiger partial charge in [-0.2, -0.15) is 0 Å². The van der Waals surface area contributed by atoms with Gasteiger partial charge in [-0.05, 0) is 72.6 Å². The van der Waals surface area contributed by atoms with Gasteiger partial charge in [-0.3, -0.25) is 9.36 Å². The molecule has 1 atom stereocenters. The Balaban J connectivity index is 1.81. The lowest BCUT2D eigenvalue weighted by Gasteiger charge is -2.27. The first-order chi connectivity index (χ1) is 20.3. The minimum Gasteiger partial charge on any atom is -0.496 e. The van der Waals surface area contributed by atoms with E-state index in [9.17, 15) is 9.59 Å². The van der Waals surface area contributed by atoms with E-state index in [-0.39, 0.29) is 12.2 Å². The molecule has 0 aliphatic carbocycles. The van der Waals surface area contributed by atoms with E-state index in [4.69, 9.17) is 23.9 Å². The van der Waals surface area contributed by atoms with Crippen molar-refractivity contribution in [1.29, 1.82) is 0 Å². The Morgan fingerprint density at radius 1 is 1.02 bits per heavy atom. The monoisotopic (exact) mass is 650 g/mol. The smallest absolute Gasteiger partial charge is 0.338 e. The number of thiazole rings is 1. The van der Waals surface area contributed by atoms with Crippen LogP contribution in [0.15, 0.2) is 74.1 Å². The van der Waals surface area contributed by atoms with Gasteiger partial charge in [-0.1, -0.05) is 41.7 Å². The van der Waals surface area contributed by atoms with E-state index < -0.39 is 12.0 Å². The van der Waals surface area contributed by atoms with Crippen molar-refractivity contribution in [2.75, 3.05) is 26.9 Å². The molecule has 8 nitrogen and oxygen atoms in total. The molecule has 3 aromatic carbocycles. The molecule has 42 heavy (non-hydrogen) atoms. The predicted octanol–water partition coefficient (Wildman–Crippen LogP) is 5.52. The standard InChI is InChI=1S/C32H31BrN2O6S/c1-6-39-24-17-25(40-7-2)22(33)15-20(24)16-26-30(36)35-29(27(31(37)41-8-3)18(4)34-32(35)42-26)28-21-12-10-9-11-19(21)13-14-23(28)38-5/h9-17,29H,6-8H2,1-5H3/b26-16-/t29-/m1/s1. The van der Waals surface area contributed by atoms with Crippen molar-refractivity contribution >= 4 is 50.1 Å². The van der Waals surface area contributed by atoms with E-state index in [0.29, 0.717) is 62.2 Å². The Morgan fingerprint density at radius 3 is 2.48 bits per heavy atom. The van der Waals surface area contributed by atoms with Crippen molar-refractivity contribution in [2.45, 2.75) is 33.7 Å². The van der Waals surface area contributed by atoms with Crippen LogP contribution in [-0.2, 0) is 9.53 Å². The first-order valence-corrected chi connectivity index (χ1v) is 15.3. The number of rotatable bonds is 9. The Kier molecular flexibility index (Phi) is 8.84. The van der Waals surface area contributed by atoms with Gasteiger partial charge in [-0.15, -0.1) is 0 Å². The molecule has 10 heteroatoms. The summed E-state index contributed by atoms with van der Waals surface area (Å²) in [4.78, 5) is 32.9. The van der Waals surface area contributed by atoms with E-state index in [0.717, 1.165) is 15.2 Å². The zero-order valence-electron chi connectivity index (χ0n) is 24.0. The zero-order valence-corrected chi connectivity index (χ0v) is 26.4. The van der Waals surface area contributed by atoms with Crippen LogP contribution < -0.4 is 29.1 Å².